The minimum Gasteiger partial charge on any atom is -0.326 e. The summed E-state index contributed by atoms with van der Waals surface area (Å²) in [6, 6.07) is 8.68. The quantitative estimate of drug-likeness (QED) is 0.697. The maximum absolute atomic E-state index is 13.8. The molecule has 0 aliphatic carbocycles. The lowest BCUT2D eigenvalue weighted by Gasteiger charge is -2.09. The van der Waals surface area contributed by atoms with Crippen molar-refractivity contribution in [3.8, 4) is 10.7 Å². The summed E-state index contributed by atoms with van der Waals surface area (Å²) in [5, 5.41) is 2.43. The number of imidazole rings is 1. The highest BCUT2D eigenvalue weighted by Crippen LogP contribution is 2.26. The van der Waals surface area contributed by atoms with E-state index in [0.717, 1.165) is 10.7 Å². The monoisotopic (exact) mass is 292 g/mol. The van der Waals surface area contributed by atoms with Crippen LogP contribution in [0.1, 0.15) is 5.56 Å². The van der Waals surface area contributed by atoms with E-state index in [1.165, 1.54) is 6.07 Å². The number of hydrogen-bond acceptors (Lipinski definition) is 2. The minimum absolute atomic E-state index is 0.293. The third-order valence-corrected chi connectivity index (χ3v) is 4.07. The summed E-state index contributed by atoms with van der Waals surface area (Å²) in [6.07, 6.45) is 3.54. The second kappa shape index (κ2) is 5.15. The minimum atomic E-state index is -0.293. The van der Waals surface area contributed by atoms with Gasteiger partial charge in [0.15, 0.2) is 0 Å². The summed E-state index contributed by atoms with van der Waals surface area (Å²) < 4.78 is 15.7. The van der Waals surface area contributed by atoms with Crippen LogP contribution in [0.5, 0.6) is 0 Å². The number of aromatic nitrogens is 2. The fraction of sp³-hybridized carbons (Fsp3) is 0.0714. The van der Waals surface area contributed by atoms with Crippen LogP contribution in [-0.4, -0.2) is 9.55 Å². The topological polar surface area (TPSA) is 17.8 Å². The Hall–Kier alpha value is -1.65. The smallest absolute Gasteiger partial charge is 0.150 e. The molecule has 0 unspecified atom stereocenters. The molecule has 5 heteroatoms. The molecule has 3 aromatic rings. The van der Waals surface area contributed by atoms with Crippen LogP contribution in [0, 0.1) is 5.82 Å². The van der Waals surface area contributed by atoms with Crippen LogP contribution in [0.3, 0.4) is 0 Å². The van der Waals surface area contributed by atoms with Gasteiger partial charge < -0.3 is 4.57 Å². The Morgan fingerprint density at radius 1 is 1.26 bits per heavy atom. The van der Waals surface area contributed by atoms with Gasteiger partial charge in [0.05, 0.1) is 11.4 Å². The zero-order valence-electron chi connectivity index (χ0n) is 9.88. The van der Waals surface area contributed by atoms with E-state index in [0.29, 0.717) is 17.1 Å². The average Bonchev–Trinajstić information content (AvgIpc) is 3.04. The molecule has 0 fully saturated rings. The van der Waals surface area contributed by atoms with E-state index in [-0.39, 0.29) is 5.82 Å². The number of rotatable bonds is 3. The van der Waals surface area contributed by atoms with Crippen LogP contribution in [0.4, 0.5) is 4.39 Å². The largest absolute Gasteiger partial charge is 0.326 e. The van der Waals surface area contributed by atoms with Gasteiger partial charge >= 0.3 is 0 Å². The maximum atomic E-state index is 13.8. The van der Waals surface area contributed by atoms with Crippen molar-refractivity contribution in [2.75, 3.05) is 0 Å². The van der Waals surface area contributed by atoms with Crippen LogP contribution in [0.2, 0.25) is 5.02 Å². The number of hydrogen-bond donors (Lipinski definition) is 0. The second-order valence-corrected chi connectivity index (χ2v) is 5.41. The summed E-state index contributed by atoms with van der Waals surface area (Å²) in [4.78, 5) is 5.38. The molecule has 0 aliphatic heterocycles. The lowest BCUT2D eigenvalue weighted by atomic mass is 10.2. The highest BCUT2D eigenvalue weighted by molar-refractivity contribution is 7.13. The highest BCUT2D eigenvalue weighted by Gasteiger charge is 2.11. The summed E-state index contributed by atoms with van der Waals surface area (Å²) >= 11 is 7.66. The van der Waals surface area contributed by atoms with Gasteiger partial charge in [-0.05, 0) is 23.6 Å². The van der Waals surface area contributed by atoms with Crippen molar-refractivity contribution in [2.24, 2.45) is 0 Å². The third-order valence-electron chi connectivity index (χ3n) is 2.85. The molecule has 0 atom stereocenters. The molecule has 1 aromatic carbocycles. The maximum Gasteiger partial charge on any atom is 0.150 e. The van der Waals surface area contributed by atoms with Crippen molar-refractivity contribution in [2.45, 2.75) is 6.54 Å². The van der Waals surface area contributed by atoms with Crippen LogP contribution in [0.15, 0.2) is 48.1 Å². The van der Waals surface area contributed by atoms with Crippen molar-refractivity contribution >= 4 is 22.9 Å². The summed E-state index contributed by atoms with van der Waals surface area (Å²) in [7, 11) is 0. The molecule has 0 aliphatic rings. The number of benzene rings is 1. The van der Waals surface area contributed by atoms with Crippen molar-refractivity contribution < 1.29 is 4.39 Å². The van der Waals surface area contributed by atoms with Crippen molar-refractivity contribution in [1.29, 1.82) is 0 Å². The normalized spacial score (nSPS) is 10.8. The van der Waals surface area contributed by atoms with E-state index < -0.39 is 0 Å². The molecule has 0 bridgehead atoms. The van der Waals surface area contributed by atoms with E-state index in [9.17, 15) is 4.39 Å². The molecule has 0 saturated heterocycles. The summed E-state index contributed by atoms with van der Waals surface area (Å²) in [6.45, 7) is 0.374. The van der Waals surface area contributed by atoms with Gasteiger partial charge in [-0.3, -0.25) is 0 Å². The molecule has 2 nitrogen and oxygen atoms in total. The first kappa shape index (κ1) is 12.4. The molecule has 0 radical (unpaired) electrons. The van der Waals surface area contributed by atoms with Crippen LogP contribution >= 0.6 is 22.9 Å². The lowest BCUT2D eigenvalue weighted by Crippen LogP contribution is -2.03. The first-order valence-corrected chi connectivity index (χ1v) is 6.99. The molecule has 19 heavy (non-hydrogen) atoms. The second-order valence-electron chi connectivity index (χ2n) is 4.06. The standard InChI is InChI=1S/C14H10ClFN2S/c15-11-3-1-4-12(16)10(11)9-18-7-6-17-14(18)13-5-2-8-19-13/h1-8H,9H2. The number of nitrogens with zero attached hydrogens (tertiary/aromatic N) is 2. The predicted molar refractivity (Wildman–Crippen MR) is 76.1 cm³/mol. The molecule has 2 heterocycles. The third kappa shape index (κ3) is 2.41. The van der Waals surface area contributed by atoms with Gasteiger partial charge in [0.1, 0.15) is 11.6 Å². The number of thiophene rings is 1. The van der Waals surface area contributed by atoms with E-state index in [4.69, 9.17) is 11.6 Å². The van der Waals surface area contributed by atoms with Crippen LogP contribution in [0.25, 0.3) is 10.7 Å². The lowest BCUT2D eigenvalue weighted by molar-refractivity contribution is 0.600. The Labute approximate surface area is 119 Å². The Kier molecular flexibility index (Phi) is 3.36. The molecule has 3 rings (SSSR count). The first-order chi connectivity index (χ1) is 9.25. The van der Waals surface area contributed by atoms with Gasteiger partial charge in [-0.2, -0.15) is 0 Å². The molecule has 0 spiro atoms. The fourth-order valence-electron chi connectivity index (χ4n) is 1.92. The van der Waals surface area contributed by atoms with E-state index in [2.05, 4.69) is 4.98 Å². The first-order valence-electron chi connectivity index (χ1n) is 5.73. The van der Waals surface area contributed by atoms with Gasteiger partial charge in [0, 0.05) is 23.0 Å². The van der Waals surface area contributed by atoms with Crippen molar-refractivity contribution in [3.63, 3.8) is 0 Å². The van der Waals surface area contributed by atoms with Crippen LogP contribution < -0.4 is 0 Å². The molecule has 96 valence electrons. The number of halogens is 2. The Balaban J connectivity index is 1.99. The van der Waals surface area contributed by atoms with Gasteiger partial charge in [-0.25, -0.2) is 9.37 Å². The van der Waals surface area contributed by atoms with Crippen molar-refractivity contribution in [3.05, 3.63) is 64.5 Å². The van der Waals surface area contributed by atoms with Gasteiger partial charge in [0.2, 0.25) is 0 Å². The Morgan fingerprint density at radius 2 is 2.16 bits per heavy atom. The molecule has 0 amide bonds. The molecule has 2 aromatic heterocycles. The van der Waals surface area contributed by atoms with E-state index in [1.807, 2.05) is 28.3 Å². The Morgan fingerprint density at radius 3 is 2.89 bits per heavy atom. The molecule has 0 saturated carbocycles. The van der Waals surface area contributed by atoms with E-state index >= 15 is 0 Å². The van der Waals surface area contributed by atoms with Gasteiger partial charge in [-0.15, -0.1) is 11.3 Å². The average molecular weight is 293 g/mol. The SMILES string of the molecule is Fc1cccc(Cl)c1Cn1ccnc1-c1cccs1. The zero-order chi connectivity index (χ0) is 13.2. The summed E-state index contributed by atoms with van der Waals surface area (Å²) in [5.41, 5.74) is 0.486. The van der Waals surface area contributed by atoms with Gasteiger partial charge in [-0.1, -0.05) is 23.7 Å². The molecular formula is C14H10ClFN2S. The molecule has 0 N–H and O–H groups in total. The molecular weight excluding hydrogens is 283 g/mol. The highest BCUT2D eigenvalue weighted by atomic mass is 35.5. The summed E-state index contributed by atoms with van der Waals surface area (Å²) in [5.74, 6) is 0.535. The van der Waals surface area contributed by atoms with Gasteiger partial charge in [0.25, 0.3) is 0 Å². The Bertz CT molecular complexity index is 671. The van der Waals surface area contributed by atoms with E-state index in [1.54, 1.807) is 29.7 Å². The van der Waals surface area contributed by atoms with Crippen molar-refractivity contribution in [1.82, 2.24) is 9.55 Å². The zero-order valence-corrected chi connectivity index (χ0v) is 11.5. The van der Waals surface area contributed by atoms with Crippen LogP contribution in [-0.2, 0) is 6.54 Å². The fourth-order valence-corrected chi connectivity index (χ4v) is 2.88. The predicted octanol–water partition coefficient (Wildman–Crippen LogP) is 4.45.